The van der Waals surface area contributed by atoms with Gasteiger partial charge in [-0.25, -0.2) is 0 Å². The molecule has 1 nitrogen and oxygen atoms in total. The van der Waals surface area contributed by atoms with Crippen LogP contribution in [0.25, 0.3) is 0 Å². The fourth-order valence-electron chi connectivity index (χ4n) is 2.78. The van der Waals surface area contributed by atoms with Gasteiger partial charge in [0.25, 0.3) is 0 Å². The lowest BCUT2D eigenvalue weighted by Crippen LogP contribution is -2.37. The molecule has 102 valence electrons. The van der Waals surface area contributed by atoms with Gasteiger partial charge in [0.2, 0.25) is 0 Å². The molecule has 1 rings (SSSR count). The van der Waals surface area contributed by atoms with Crippen LogP contribution in [-0.4, -0.2) is 12.6 Å². The van der Waals surface area contributed by atoms with Gasteiger partial charge in [-0.1, -0.05) is 45.4 Å². The largest absolute Gasteiger partial charge is 0.314 e. The van der Waals surface area contributed by atoms with Gasteiger partial charge in [0.1, 0.15) is 0 Å². The minimum absolute atomic E-state index is 0.606. The molecule has 0 saturated carbocycles. The average molecular weight is 247 g/mol. The fourth-order valence-corrected chi connectivity index (χ4v) is 2.78. The maximum Gasteiger partial charge on any atom is 0.0133 e. The van der Waals surface area contributed by atoms with Crippen LogP contribution in [-0.2, 0) is 6.42 Å². The van der Waals surface area contributed by atoms with Crippen molar-refractivity contribution >= 4 is 0 Å². The summed E-state index contributed by atoms with van der Waals surface area (Å²) >= 11 is 0. The lowest BCUT2D eigenvalue weighted by Gasteiger charge is -2.26. The SMILES string of the molecule is CCCC(C)C(Cc1c(C)cccc1C)NCC. The summed E-state index contributed by atoms with van der Waals surface area (Å²) in [4.78, 5) is 0. The first kappa shape index (κ1) is 15.2. The average Bonchev–Trinajstić information content (AvgIpc) is 2.33. The molecule has 0 bridgehead atoms. The molecule has 0 aliphatic carbocycles. The van der Waals surface area contributed by atoms with E-state index in [4.69, 9.17) is 0 Å². The van der Waals surface area contributed by atoms with Crippen LogP contribution < -0.4 is 5.32 Å². The van der Waals surface area contributed by atoms with Gasteiger partial charge in [-0.15, -0.1) is 0 Å². The quantitative estimate of drug-likeness (QED) is 0.759. The minimum Gasteiger partial charge on any atom is -0.314 e. The van der Waals surface area contributed by atoms with E-state index in [1.807, 2.05) is 0 Å². The molecule has 2 unspecified atom stereocenters. The van der Waals surface area contributed by atoms with Crippen molar-refractivity contribution in [2.24, 2.45) is 5.92 Å². The lowest BCUT2D eigenvalue weighted by molar-refractivity contribution is 0.357. The molecule has 1 heteroatoms. The highest BCUT2D eigenvalue weighted by Crippen LogP contribution is 2.20. The molecule has 1 aromatic carbocycles. The number of hydrogen-bond acceptors (Lipinski definition) is 1. The van der Waals surface area contributed by atoms with Gasteiger partial charge in [-0.3, -0.25) is 0 Å². The molecule has 1 aromatic rings. The minimum atomic E-state index is 0.606. The number of benzene rings is 1. The smallest absolute Gasteiger partial charge is 0.0133 e. The monoisotopic (exact) mass is 247 g/mol. The molecule has 0 amide bonds. The highest BCUT2D eigenvalue weighted by Gasteiger charge is 2.17. The molecule has 0 aromatic heterocycles. The third kappa shape index (κ3) is 4.13. The topological polar surface area (TPSA) is 12.0 Å². The van der Waals surface area contributed by atoms with Crippen molar-refractivity contribution in [1.82, 2.24) is 5.32 Å². The summed E-state index contributed by atoms with van der Waals surface area (Å²) in [6.45, 7) is 12.4. The Labute approximate surface area is 113 Å². The van der Waals surface area contributed by atoms with Crippen LogP contribution in [0.1, 0.15) is 50.3 Å². The van der Waals surface area contributed by atoms with Crippen molar-refractivity contribution in [2.45, 2.75) is 59.9 Å². The first-order valence-corrected chi connectivity index (χ1v) is 7.38. The predicted molar refractivity (Wildman–Crippen MR) is 81.2 cm³/mol. The third-order valence-electron chi connectivity index (χ3n) is 3.97. The van der Waals surface area contributed by atoms with Gasteiger partial charge in [0, 0.05) is 6.04 Å². The van der Waals surface area contributed by atoms with E-state index < -0.39 is 0 Å². The normalized spacial score (nSPS) is 14.5. The first-order chi connectivity index (χ1) is 8.60. The lowest BCUT2D eigenvalue weighted by atomic mass is 9.88. The molecule has 0 aliphatic heterocycles. The van der Waals surface area contributed by atoms with E-state index in [0.29, 0.717) is 6.04 Å². The van der Waals surface area contributed by atoms with E-state index >= 15 is 0 Å². The highest BCUT2D eigenvalue weighted by molar-refractivity contribution is 5.34. The molecular weight excluding hydrogens is 218 g/mol. The number of nitrogens with one attached hydrogen (secondary N) is 1. The van der Waals surface area contributed by atoms with E-state index in [-0.39, 0.29) is 0 Å². The van der Waals surface area contributed by atoms with Gasteiger partial charge >= 0.3 is 0 Å². The van der Waals surface area contributed by atoms with Crippen LogP contribution >= 0.6 is 0 Å². The van der Waals surface area contributed by atoms with Crippen LogP contribution in [0.3, 0.4) is 0 Å². The van der Waals surface area contributed by atoms with E-state index in [1.165, 1.54) is 29.5 Å². The molecule has 0 radical (unpaired) electrons. The Kier molecular flexibility index (Phi) is 6.42. The van der Waals surface area contributed by atoms with Crippen LogP contribution in [0.2, 0.25) is 0 Å². The molecule has 0 aliphatic rings. The van der Waals surface area contributed by atoms with Crippen molar-refractivity contribution in [1.29, 1.82) is 0 Å². The van der Waals surface area contributed by atoms with Crippen molar-refractivity contribution in [3.63, 3.8) is 0 Å². The van der Waals surface area contributed by atoms with Crippen LogP contribution in [0.15, 0.2) is 18.2 Å². The van der Waals surface area contributed by atoms with Gasteiger partial charge in [-0.05, 0) is 55.8 Å². The molecule has 0 fully saturated rings. The van der Waals surface area contributed by atoms with Gasteiger partial charge in [0.15, 0.2) is 0 Å². The summed E-state index contributed by atoms with van der Waals surface area (Å²) < 4.78 is 0. The number of rotatable bonds is 7. The molecule has 2 atom stereocenters. The number of likely N-dealkylation sites (N-methyl/N-ethyl adjacent to an activating group) is 1. The summed E-state index contributed by atoms with van der Waals surface area (Å²) in [6.07, 6.45) is 3.74. The van der Waals surface area contributed by atoms with Crippen molar-refractivity contribution in [3.05, 3.63) is 34.9 Å². The van der Waals surface area contributed by atoms with Crippen molar-refractivity contribution < 1.29 is 0 Å². The summed E-state index contributed by atoms with van der Waals surface area (Å²) in [5.41, 5.74) is 4.40. The van der Waals surface area contributed by atoms with Gasteiger partial charge in [-0.2, -0.15) is 0 Å². The second-order valence-electron chi connectivity index (χ2n) is 5.50. The number of hydrogen-bond donors (Lipinski definition) is 1. The van der Waals surface area contributed by atoms with Crippen LogP contribution in [0.5, 0.6) is 0 Å². The highest BCUT2D eigenvalue weighted by atomic mass is 14.9. The van der Waals surface area contributed by atoms with Crippen molar-refractivity contribution in [3.8, 4) is 0 Å². The van der Waals surface area contributed by atoms with E-state index in [9.17, 15) is 0 Å². The molecule has 0 saturated heterocycles. The zero-order valence-corrected chi connectivity index (χ0v) is 12.7. The van der Waals surface area contributed by atoms with Crippen LogP contribution in [0.4, 0.5) is 0 Å². The molecule has 18 heavy (non-hydrogen) atoms. The Hall–Kier alpha value is -0.820. The summed E-state index contributed by atoms with van der Waals surface area (Å²) in [7, 11) is 0. The molecule has 1 N–H and O–H groups in total. The first-order valence-electron chi connectivity index (χ1n) is 7.38. The van der Waals surface area contributed by atoms with Crippen molar-refractivity contribution in [2.75, 3.05) is 6.54 Å². The standard InChI is InChI=1S/C17H29N/c1-6-9-15(5)17(18-7-2)12-16-13(3)10-8-11-14(16)4/h8,10-11,15,17-18H,6-7,9,12H2,1-5H3. The Balaban J connectivity index is 2.82. The second kappa shape index (κ2) is 7.58. The molecule has 0 spiro atoms. The fraction of sp³-hybridized carbons (Fsp3) is 0.647. The summed E-state index contributed by atoms with van der Waals surface area (Å²) in [5, 5.41) is 3.67. The Morgan fingerprint density at radius 2 is 1.72 bits per heavy atom. The molecular formula is C17H29N. The summed E-state index contributed by atoms with van der Waals surface area (Å²) in [5.74, 6) is 0.744. The van der Waals surface area contributed by atoms with Gasteiger partial charge in [0.05, 0.1) is 0 Å². The third-order valence-corrected chi connectivity index (χ3v) is 3.97. The number of aryl methyl sites for hydroxylation is 2. The van der Waals surface area contributed by atoms with E-state index in [1.54, 1.807) is 0 Å². The summed E-state index contributed by atoms with van der Waals surface area (Å²) in [6, 6.07) is 7.23. The predicted octanol–water partition coefficient (Wildman–Crippen LogP) is 4.26. The second-order valence-corrected chi connectivity index (χ2v) is 5.50. The van der Waals surface area contributed by atoms with Gasteiger partial charge < -0.3 is 5.32 Å². The Bertz CT molecular complexity index is 336. The Morgan fingerprint density at radius 1 is 1.11 bits per heavy atom. The molecule has 0 heterocycles. The van der Waals surface area contributed by atoms with E-state index in [0.717, 1.165) is 18.9 Å². The Morgan fingerprint density at radius 3 is 2.22 bits per heavy atom. The van der Waals surface area contributed by atoms with Crippen LogP contribution in [0, 0.1) is 19.8 Å². The maximum atomic E-state index is 3.67. The van der Waals surface area contributed by atoms with E-state index in [2.05, 4.69) is 58.1 Å². The zero-order valence-electron chi connectivity index (χ0n) is 12.7. The maximum absolute atomic E-state index is 3.67. The zero-order chi connectivity index (χ0) is 13.5.